The average molecular weight is 212 g/mol. The van der Waals surface area contributed by atoms with Crippen LogP contribution >= 0.6 is 29.1 Å². The van der Waals surface area contributed by atoms with Gasteiger partial charge >= 0.3 is 16.5 Å². The fraction of sp³-hybridized carbons (Fsp3) is 1.00. The molecule has 0 spiro atoms. The van der Waals surface area contributed by atoms with Crippen molar-refractivity contribution in [1.82, 2.24) is 0 Å². The lowest BCUT2D eigenvalue weighted by molar-refractivity contribution is 0.386. The highest BCUT2D eigenvalue weighted by Gasteiger charge is 2.16. The van der Waals surface area contributed by atoms with Crippen molar-refractivity contribution in [2.24, 2.45) is 0 Å². The highest BCUT2D eigenvalue weighted by molar-refractivity contribution is 8.10. The molecule has 0 radical (unpaired) electrons. The second kappa shape index (κ2) is 3.68. The first kappa shape index (κ1) is 9.59. The number of rotatable bonds is 3. The lowest BCUT2D eigenvalue weighted by Crippen LogP contribution is -1.93. The predicted molar refractivity (Wildman–Crippen MR) is 34.2 cm³/mol. The van der Waals surface area contributed by atoms with E-state index in [2.05, 4.69) is 14.9 Å². The molecular formula is CH2Cl2O4PS+. The molecule has 0 aromatic rings. The second-order valence-electron chi connectivity index (χ2n) is 0.958. The summed E-state index contributed by atoms with van der Waals surface area (Å²) in [5, 5.41) is 0. The fourth-order valence-electron chi connectivity index (χ4n) is 0.104. The maximum atomic E-state index is 9.96. The van der Waals surface area contributed by atoms with Crippen molar-refractivity contribution in [1.29, 1.82) is 0 Å². The Labute approximate surface area is 62.3 Å². The Morgan fingerprint density at radius 3 is 2.11 bits per heavy atom. The zero-order chi connectivity index (χ0) is 7.49. The molecule has 8 heteroatoms. The molecule has 0 aromatic heterocycles. The van der Waals surface area contributed by atoms with Gasteiger partial charge in [0.2, 0.25) is 11.2 Å². The molecule has 0 amide bonds. The molecular weight excluding hydrogens is 210 g/mol. The summed E-state index contributed by atoms with van der Waals surface area (Å²) in [5.41, 5.74) is 0. The van der Waals surface area contributed by atoms with E-state index in [-0.39, 0.29) is 0 Å². The van der Waals surface area contributed by atoms with Gasteiger partial charge in [0.05, 0.1) is 0 Å². The van der Waals surface area contributed by atoms with Gasteiger partial charge in [-0.2, -0.15) is 8.42 Å². The van der Waals surface area contributed by atoms with Gasteiger partial charge in [0.15, 0.2) is 0 Å². The topological polar surface area (TPSA) is 60.4 Å². The van der Waals surface area contributed by atoms with Gasteiger partial charge in [-0.15, -0.1) is 0 Å². The van der Waals surface area contributed by atoms with E-state index in [1.165, 1.54) is 0 Å². The number of hydrogen-bond donors (Lipinski definition) is 0. The third kappa shape index (κ3) is 8.59. The Balaban J connectivity index is 3.67. The van der Waals surface area contributed by atoms with E-state index in [1.54, 1.807) is 0 Å². The first-order valence-electron chi connectivity index (χ1n) is 1.61. The monoisotopic (exact) mass is 211 g/mol. The van der Waals surface area contributed by atoms with Gasteiger partial charge in [-0.1, -0.05) is 0 Å². The maximum absolute atomic E-state index is 9.96. The van der Waals surface area contributed by atoms with Crippen molar-refractivity contribution in [2.45, 2.75) is 0 Å². The molecule has 1 atom stereocenters. The van der Waals surface area contributed by atoms with Gasteiger partial charge in [0.1, 0.15) is 0 Å². The van der Waals surface area contributed by atoms with E-state index in [0.29, 0.717) is 0 Å². The minimum Gasteiger partial charge on any atom is -0.206 e. The largest absolute Gasteiger partial charge is 0.484 e. The summed E-state index contributed by atoms with van der Waals surface area (Å²) in [6.07, 6.45) is -0.581. The van der Waals surface area contributed by atoms with Crippen LogP contribution in [-0.2, 0) is 18.1 Å². The van der Waals surface area contributed by atoms with Crippen molar-refractivity contribution in [3.63, 3.8) is 0 Å². The van der Waals surface area contributed by atoms with Gasteiger partial charge in [-0.3, -0.25) is 0 Å². The van der Waals surface area contributed by atoms with Gasteiger partial charge in [-0.25, -0.2) is 4.18 Å². The molecule has 54 valence electrons. The van der Waals surface area contributed by atoms with Gasteiger partial charge in [-0.05, 0) is 4.57 Å². The fourth-order valence-corrected chi connectivity index (χ4v) is 1.66. The SMILES string of the molecule is O=[P+](Cl)COS(=O)(=O)Cl. The maximum Gasteiger partial charge on any atom is 0.484 e. The molecule has 1 unspecified atom stereocenters. The van der Waals surface area contributed by atoms with Crippen molar-refractivity contribution < 1.29 is 17.2 Å². The number of halogens is 2. The van der Waals surface area contributed by atoms with Crippen LogP contribution in [0, 0.1) is 0 Å². The van der Waals surface area contributed by atoms with E-state index in [1.807, 2.05) is 0 Å². The van der Waals surface area contributed by atoms with Crippen molar-refractivity contribution in [2.75, 3.05) is 6.35 Å². The zero-order valence-corrected chi connectivity index (χ0v) is 7.17. The summed E-state index contributed by atoms with van der Waals surface area (Å²) in [6.45, 7) is 0. The summed E-state index contributed by atoms with van der Waals surface area (Å²) in [5.74, 6) is 0. The summed E-state index contributed by atoms with van der Waals surface area (Å²) in [6, 6.07) is 0. The highest BCUT2D eigenvalue weighted by atomic mass is 35.7. The Morgan fingerprint density at radius 1 is 1.56 bits per heavy atom. The molecule has 0 aliphatic carbocycles. The lowest BCUT2D eigenvalue weighted by Gasteiger charge is -1.83. The quantitative estimate of drug-likeness (QED) is 0.524. The molecule has 0 saturated carbocycles. The summed E-state index contributed by atoms with van der Waals surface area (Å²) >= 11 is 4.84. The van der Waals surface area contributed by atoms with Crippen LogP contribution in [0.3, 0.4) is 0 Å². The van der Waals surface area contributed by atoms with E-state index in [0.717, 1.165) is 0 Å². The van der Waals surface area contributed by atoms with Crippen LogP contribution in [0.1, 0.15) is 0 Å². The Morgan fingerprint density at radius 2 is 2.00 bits per heavy atom. The van der Waals surface area contributed by atoms with Crippen LogP contribution in [0.5, 0.6) is 0 Å². The van der Waals surface area contributed by atoms with Gasteiger partial charge < -0.3 is 0 Å². The smallest absolute Gasteiger partial charge is 0.206 e. The predicted octanol–water partition coefficient (Wildman–Crippen LogP) is 1.43. The standard InChI is InChI=1S/CH2Cl2O4PS/c2-8(4)1-7-9(3,5)6/h1H2/q+1. The Hall–Kier alpha value is 0.590. The Bertz CT molecular complexity index is 197. The van der Waals surface area contributed by atoms with Crippen LogP contribution in [0.4, 0.5) is 0 Å². The van der Waals surface area contributed by atoms with Crippen LogP contribution < -0.4 is 0 Å². The molecule has 0 N–H and O–H groups in total. The molecule has 9 heavy (non-hydrogen) atoms. The molecule has 0 saturated heterocycles. The molecule has 4 nitrogen and oxygen atoms in total. The van der Waals surface area contributed by atoms with Crippen molar-refractivity contribution in [3.8, 4) is 0 Å². The van der Waals surface area contributed by atoms with Crippen LogP contribution in [0.15, 0.2) is 0 Å². The van der Waals surface area contributed by atoms with Gasteiger partial charge in [0, 0.05) is 10.7 Å². The van der Waals surface area contributed by atoms with Crippen LogP contribution in [-0.4, -0.2) is 14.8 Å². The van der Waals surface area contributed by atoms with Crippen molar-refractivity contribution >= 4 is 38.4 Å². The summed E-state index contributed by atoms with van der Waals surface area (Å²) in [7, 11) is -1.60. The summed E-state index contributed by atoms with van der Waals surface area (Å²) in [4.78, 5) is 0. The molecule has 0 aliphatic heterocycles. The highest BCUT2D eigenvalue weighted by Crippen LogP contribution is 2.26. The van der Waals surface area contributed by atoms with E-state index in [9.17, 15) is 13.0 Å². The minimum absolute atomic E-state index is 0.581. The van der Waals surface area contributed by atoms with E-state index >= 15 is 0 Å². The minimum atomic E-state index is -4.02. The first-order chi connectivity index (χ1) is 3.92. The summed E-state index contributed by atoms with van der Waals surface area (Å²) < 4.78 is 33.6. The first-order valence-corrected chi connectivity index (χ1v) is 6.20. The Kier molecular flexibility index (Phi) is 3.93. The van der Waals surface area contributed by atoms with E-state index < -0.39 is 22.8 Å². The molecule has 0 heterocycles. The normalized spacial score (nSPS) is 13.3. The molecule has 0 aromatic carbocycles. The molecule has 0 rings (SSSR count). The molecule has 0 bridgehead atoms. The molecule has 0 fully saturated rings. The van der Waals surface area contributed by atoms with E-state index in [4.69, 9.17) is 11.2 Å². The van der Waals surface area contributed by atoms with Crippen molar-refractivity contribution in [3.05, 3.63) is 0 Å². The van der Waals surface area contributed by atoms with Crippen LogP contribution in [0.25, 0.3) is 0 Å². The third-order valence-electron chi connectivity index (χ3n) is 0.295. The third-order valence-corrected chi connectivity index (χ3v) is 1.76. The number of hydrogen-bond acceptors (Lipinski definition) is 4. The average Bonchev–Trinajstić information content (AvgIpc) is 1.59. The van der Waals surface area contributed by atoms with Crippen LogP contribution in [0.2, 0.25) is 0 Å². The second-order valence-corrected chi connectivity index (χ2v) is 5.14. The van der Waals surface area contributed by atoms with Gasteiger partial charge in [0.25, 0.3) is 6.35 Å². The zero-order valence-electron chi connectivity index (χ0n) is 3.95. The molecule has 0 aliphatic rings. The lowest BCUT2D eigenvalue weighted by atomic mass is 11.7.